The molecule has 0 spiro atoms. The third kappa shape index (κ3) is 3.80. The van der Waals surface area contributed by atoms with E-state index in [-0.39, 0.29) is 23.7 Å². The number of nitrogens with one attached hydrogen (secondary N) is 1. The Bertz CT molecular complexity index is 713. The van der Waals surface area contributed by atoms with E-state index in [2.05, 4.69) is 10.3 Å². The molecular formula is C17H20FN3O2S. The molecule has 1 saturated carbocycles. The van der Waals surface area contributed by atoms with Crippen LogP contribution in [0.5, 0.6) is 0 Å². The number of aliphatic hydroxyl groups excluding tert-OH is 1. The Morgan fingerprint density at radius 1 is 1.42 bits per heavy atom. The van der Waals surface area contributed by atoms with Crippen molar-refractivity contribution >= 4 is 28.1 Å². The monoisotopic (exact) mass is 349 g/mol. The van der Waals surface area contributed by atoms with Gasteiger partial charge in [-0.1, -0.05) is 0 Å². The minimum Gasteiger partial charge on any atom is -0.396 e. The normalized spacial score (nSPS) is 15.3. The molecule has 0 unspecified atom stereocenters. The first-order chi connectivity index (χ1) is 11.5. The van der Waals surface area contributed by atoms with Gasteiger partial charge in [-0.2, -0.15) is 0 Å². The number of benzene rings is 1. The third-order valence-corrected chi connectivity index (χ3v) is 5.10. The van der Waals surface area contributed by atoms with E-state index in [4.69, 9.17) is 0 Å². The van der Waals surface area contributed by atoms with E-state index in [9.17, 15) is 14.3 Å². The molecule has 1 aromatic carbocycles. The molecular weight excluding hydrogens is 329 g/mol. The number of aromatic nitrogens is 1. The van der Waals surface area contributed by atoms with Crippen LogP contribution in [0.25, 0.3) is 0 Å². The zero-order chi connectivity index (χ0) is 17.2. The van der Waals surface area contributed by atoms with Crippen LogP contribution in [0.4, 0.5) is 15.2 Å². The number of thiazole rings is 1. The molecule has 0 radical (unpaired) electrons. The maximum Gasteiger partial charge on any atom is 0.230 e. The Kier molecular flexibility index (Phi) is 4.93. The highest BCUT2D eigenvalue weighted by molar-refractivity contribution is 7.14. The second-order valence-corrected chi connectivity index (χ2v) is 7.05. The molecule has 0 aliphatic heterocycles. The summed E-state index contributed by atoms with van der Waals surface area (Å²) >= 11 is 1.38. The number of carbonyl (C=O) groups is 1. The van der Waals surface area contributed by atoms with Crippen LogP contribution in [0.15, 0.2) is 29.6 Å². The number of anilines is 2. The molecule has 24 heavy (non-hydrogen) atoms. The average Bonchev–Trinajstić information content (AvgIpc) is 3.20. The Morgan fingerprint density at radius 3 is 2.71 bits per heavy atom. The van der Waals surface area contributed by atoms with Crippen molar-refractivity contribution in [1.29, 1.82) is 0 Å². The summed E-state index contributed by atoms with van der Waals surface area (Å²) in [5.74, 6) is -0.517. The molecule has 0 atom stereocenters. The van der Waals surface area contributed by atoms with E-state index in [1.807, 2.05) is 5.38 Å². The van der Waals surface area contributed by atoms with Crippen molar-refractivity contribution in [1.82, 2.24) is 10.3 Å². The number of carbonyl (C=O) groups excluding carboxylic acids is 1. The highest BCUT2D eigenvalue weighted by atomic mass is 32.1. The van der Waals surface area contributed by atoms with Gasteiger partial charge in [-0.25, -0.2) is 9.37 Å². The van der Waals surface area contributed by atoms with E-state index in [1.165, 1.54) is 35.3 Å². The lowest BCUT2D eigenvalue weighted by Crippen LogP contribution is -2.26. The van der Waals surface area contributed by atoms with E-state index < -0.39 is 0 Å². The van der Waals surface area contributed by atoms with Gasteiger partial charge in [0.25, 0.3) is 0 Å². The molecule has 2 aromatic rings. The largest absolute Gasteiger partial charge is 0.396 e. The molecule has 1 fully saturated rings. The Hall–Kier alpha value is -1.83. The topological polar surface area (TPSA) is 65.5 Å². The Morgan fingerprint density at radius 2 is 2.12 bits per heavy atom. The molecule has 7 heteroatoms. The summed E-state index contributed by atoms with van der Waals surface area (Å²) in [6.07, 6.45) is 2.11. The lowest BCUT2D eigenvalue weighted by molar-refractivity contribution is -0.115. The van der Waals surface area contributed by atoms with Crippen molar-refractivity contribution in [3.05, 3.63) is 41.2 Å². The average molecular weight is 349 g/mol. The van der Waals surface area contributed by atoms with Gasteiger partial charge in [0.05, 0.1) is 11.4 Å². The first-order valence-electron chi connectivity index (χ1n) is 7.85. The Balaban J connectivity index is 1.67. The predicted molar refractivity (Wildman–Crippen MR) is 91.8 cm³/mol. The van der Waals surface area contributed by atoms with Crippen LogP contribution in [0.3, 0.4) is 0 Å². The van der Waals surface area contributed by atoms with Gasteiger partial charge in [-0.15, -0.1) is 11.3 Å². The van der Waals surface area contributed by atoms with Crippen LogP contribution in [0.1, 0.15) is 25.5 Å². The van der Waals surface area contributed by atoms with E-state index >= 15 is 0 Å². The molecule has 1 aliphatic carbocycles. The van der Waals surface area contributed by atoms with Crippen LogP contribution in [0, 0.1) is 11.2 Å². The second-order valence-electron chi connectivity index (χ2n) is 6.21. The van der Waals surface area contributed by atoms with E-state index in [1.54, 1.807) is 12.1 Å². The summed E-state index contributed by atoms with van der Waals surface area (Å²) < 4.78 is 13.1. The van der Waals surface area contributed by atoms with E-state index in [0.717, 1.165) is 25.1 Å². The maximum atomic E-state index is 13.1. The molecule has 5 nitrogen and oxygen atoms in total. The number of hydrogen-bond donors (Lipinski definition) is 2. The summed E-state index contributed by atoms with van der Waals surface area (Å²) in [4.78, 5) is 18.0. The van der Waals surface area contributed by atoms with Gasteiger partial charge < -0.3 is 10.4 Å². The molecule has 1 heterocycles. The summed E-state index contributed by atoms with van der Waals surface area (Å²) in [5, 5.41) is 15.1. The number of amides is 1. The van der Waals surface area contributed by atoms with Crippen molar-refractivity contribution in [2.45, 2.75) is 26.3 Å². The number of aliphatic hydroxyl groups is 1. The fourth-order valence-electron chi connectivity index (χ4n) is 2.52. The summed E-state index contributed by atoms with van der Waals surface area (Å²) in [6.45, 7) is 3.03. The standard InChI is InChI=1S/C17H20FN3O2S/c1-12(23)21(15-4-2-13(18)3-5-15)16-20-14(9-24-16)8-19-10-17(11-22)6-7-17/h2-5,9,19,22H,6-8,10-11H2,1H3. The summed E-state index contributed by atoms with van der Waals surface area (Å²) in [5.41, 5.74) is 1.49. The fourth-order valence-corrected chi connectivity index (χ4v) is 3.41. The van der Waals surface area contributed by atoms with Crippen molar-refractivity contribution in [2.24, 2.45) is 5.41 Å². The molecule has 0 bridgehead atoms. The van der Waals surface area contributed by atoms with Crippen LogP contribution < -0.4 is 10.2 Å². The molecule has 1 aromatic heterocycles. The maximum absolute atomic E-state index is 13.1. The summed E-state index contributed by atoms with van der Waals surface area (Å²) in [6, 6.07) is 5.78. The SMILES string of the molecule is CC(=O)N(c1ccc(F)cc1)c1nc(CNCC2(CO)CC2)cs1. The quantitative estimate of drug-likeness (QED) is 0.807. The molecule has 2 N–H and O–H groups in total. The lowest BCUT2D eigenvalue weighted by Gasteiger charge is -2.17. The number of nitrogens with zero attached hydrogens (tertiary/aromatic N) is 2. The van der Waals surface area contributed by atoms with Gasteiger partial charge in [0.2, 0.25) is 5.91 Å². The van der Waals surface area contributed by atoms with Crippen LogP contribution in [-0.4, -0.2) is 29.1 Å². The predicted octanol–water partition coefficient (Wildman–Crippen LogP) is 2.83. The second kappa shape index (κ2) is 6.96. The minimum atomic E-state index is -0.343. The highest BCUT2D eigenvalue weighted by Crippen LogP contribution is 2.44. The smallest absolute Gasteiger partial charge is 0.230 e. The zero-order valence-electron chi connectivity index (χ0n) is 13.5. The van der Waals surface area contributed by atoms with E-state index in [0.29, 0.717) is 17.4 Å². The van der Waals surface area contributed by atoms with Crippen LogP contribution in [0.2, 0.25) is 0 Å². The van der Waals surface area contributed by atoms with Crippen LogP contribution in [-0.2, 0) is 11.3 Å². The molecule has 1 aliphatic rings. The lowest BCUT2D eigenvalue weighted by atomic mass is 10.1. The highest BCUT2D eigenvalue weighted by Gasteiger charge is 2.41. The minimum absolute atomic E-state index is 0.0540. The first kappa shape index (κ1) is 17.0. The number of rotatable bonds is 7. The zero-order valence-corrected chi connectivity index (χ0v) is 14.3. The van der Waals surface area contributed by atoms with Gasteiger partial charge in [-0.3, -0.25) is 9.69 Å². The van der Waals surface area contributed by atoms with Gasteiger partial charge in [0.1, 0.15) is 5.82 Å². The van der Waals surface area contributed by atoms with Crippen molar-refractivity contribution < 1.29 is 14.3 Å². The van der Waals surface area contributed by atoms with Crippen LogP contribution >= 0.6 is 11.3 Å². The summed E-state index contributed by atoms with van der Waals surface area (Å²) in [7, 11) is 0. The first-order valence-corrected chi connectivity index (χ1v) is 8.73. The molecule has 1 amide bonds. The number of hydrogen-bond acceptors (Lipinski definition) is 5. The molecule has 128 valence electrons. The van der Waals surface area contributed by atoms with Gasteiger partial charge in [0, 0.05) is 37.4 Å². The number of halogens is 1. The molecule has 0 saturated heterocycles. The van der Waals surface area contributed by atoms with Gasteiger partial charge in [0.15, 0.2) is 5.13 Å². The Labute approximate surface area is 144 Å². The van der Waals surface area contributed by atoms with Crippen molar-refractivity contribution in [3.63, 3.8) is 0 Å². The fraction of sp³-hybridized carbons (Fsp3) is 0.412. The molecule has 3 rings (SSSR count). The van der Waals surface area contributed by atoms with Gasteiger partial charge in [-0.05, 0) is 37.1 Å². The van der Waals surface area contributed by atoms with Crippen molar-refractivity contribution in [3.8, 4) is 0 Å². The van der Waals surface area contributed by atoms with Gasteiger partial charge >= 0.3 is 0 Å². The third-order valence-electron chi connectivity index (χ3n) is 4.23. The van der Waals surface area contributed by atoms with Crippen molar-refractivity contribution in [2.75, 3.05) is 18.1 Å².